The van der Waals surface area contributed by atoms with Gasteiger partial charge in [-0.2, -0.15) is 0 Å². The Kier molecular flexibility index (Phi) is 3.96. The van der Waals surface area contributed by atoms with Crippen molar-refractivity contribution in [2.75, 3.05) is 0 Å². The molecule has 0 atom stereocenters. The molecule has 0 bridgehead atoms. The highest BCUT2D eigenvalue weighted by Crippen LogP contribution is 2.36. The lowest BCUT2D eigenvalue weighted by Crippen LogP contribution is -2.24. The van der Waals surface area contributed by atoms with Crippen LogP contribution in [0.25, 0.3) is 33.2 Å². The first-order valence-electron chi connectivity index (χ1n) is 11.1. The molecule has 2 aromatic heterocycles. The predicted octanol–water partition coefficient (Wildman–Crippen LogP) is 4.33. The Morgan fingerprint density at radius 1 is 0.588 bits per heavy atom. The molecule has 7 rings (SSSR count). The quantitative estimate of drug-likeness (QED) is 0.447. The minimum absolute atomic E-state index is 0.673. The highest BCUT2D eigenvalue weighted by atomic mass is 15.2. The topological polar surface area (TPSA) is 79.2 Å². The number of rotatable bonds is 3. The Morgan fingerprint density at radius 3 is 2.12 bits per heavy atom. The van der Waals surface area contributed by atoms with E-state index in [1.807, 2.05) is 60.7 Å². The summed E-state index contributed by atoms with van der Waals surface area (Å²) in [6.07, 6.45) is 3.39. The van der Waals surface area contributed by atoms with Crippen molar-refractivity contribution in [3.05, 3.63) is 125 Å². The van der Waals surface area contributed by atoms with Crippen LogP contribution in [0.3, 0.4) is 0 Å². The summed E-state index contributed by atoms with van der Waals surface area (Å²) in [5, 5.41) is 1.68. The van der Waals surface area contributed by atoms with Gasteiger partial charge in [-0.3, -0.25) is 9.97 Å². The maximum atomic E-state index is 5.10. The summed E-state index contributed by atoms with van der Waals surface area (Å²) in [5.74, 6) is 0.673. The zero-order valence-electron chi connectivity index (χ0n) is 18.1. The van der Waals surface area contributed by atoms with E-state index in [-0.39, 0.29) is 0 Å². The van der Waals surface area contributed by atoms with Gasteiger partial charge in [0.15, 0.2) is 5.82 Å². The van der Waals surface area contributed by atoms with Gasteiger partial charge in [-0.1, -0.05) is 54.6 Å². The molecule has 1 aliphatic rings. The average Bonchev–Trinajstić information content (AvgIpc) is 3.51. The Balaban J connectivity index is 1.46. The summed E-state index contributed by atoms with van der Waals surface area (Å²) >= 11 is 0. The standard InChI is InChI=1S/C28H18N6/c1-2-6-18(7-3-1)19-10-12-22-26(16-19)32-27(31-22)28(33-23-8-4-5-9-24(23)34-28)20-11-13-21-25(17-20)30-15-14-29-21/h1-17H,(H,31,32). The van der Waals surface area contributed by atoms with Crippen molar-refractivity contribution < 1.29 is 0 Å². The number of hydrogen-bond acceptors (Lipinski definition) is 5. The van der Waals surface area contributed by atoms with E-state index in [0.29, 0.717) is 5.82 Å². The third kappa shape index (κ3) is 2.85. The van der Waals surface area contributed by atoms with E-state index < -0.39 is 5.66 Å². The fraction of sp³-hybridized carbons (Fsp3) is 0.0357. The van der Waals surface area contributed by atoms with Crippen molar-refractivity contribution in [2.45, 2.75) is 5.66 Å². The monoisotopic (exact) mass is 438 g/mol. The second-order valence-electron chi connectivity index (χ2n) is 8.33. The van der Waals surface area contributed by atoms with Gasteiger partial charge in [-0.25, -0.2) is 15.0 Å². The van der Waals surface area contributed by atoms with Crippen LogP contribution in [0.1, 0.15) is 11.4 Å². The Bertz CT molecular complexity index is 1790. The maximum Gasteiger partial charge on any atom is 0.234 e. The molecule has 160 valence electrons. The third-order valence-corrected chi connectivity index (χ3v) is 6.24. The predicted molar refractivity (Wildman–Crippen MR) is 131 cm³/mol. The van der Waals surface area contributed by atoms with E-state index in [1.165, 1.54) is 0 Å². The number of fused-ring (bicyclic) bond motifs is 3. The molecule has 3 heterocycles. The number of nitrogens with one attached hydrogen (secondary N) is 1. The smallest absolute Gasteiger partial charge is 0.234 e. The molecule has 0 unspecified atom stereocenters. The molecule has 6 aromatic rings. The SMILES string of the molecule is c1ccc(-c2ccc3[nH]c(C4(c5ccc6nccnc6c5)N=c5ccccc5=N4)nc3c2)cc1. The molecule has 0 radical (unpaired) electrons. The van der Waals surface area contributed by atoms with Crippen LogP contribution < -0.4 is 10.7 Å². The van der Waals surface area contributed by atoms with Gasteiger partial charge in [0.05, 0.1) is 32.8 Å². The normalized spacial score (nSPS) is 14.0. The summed E-state index contributed by atoms with van der Waals surface area (Å²) < 4.78 is 0. The Hall–Kier alpha value is -4.71. The van der Waals surface area contributed by atoms with Gasteiger partial charge in [0, 0.05) is 18.0 Å². The van der Waals surface area contributed by atoms with Gasteiger partial charge in [0.1, 0.15) is 0 Å². The molecule has 1 aliphatic heterocycles. The molecule has 0 spiro atoms. The molecule has 34 heavy (non-hydrogen) atoms. The fourth-order valence-corrected chi connectivity index (χ4v) is 4.56. The number of benzene rings is 4. The number of imidazole rings is 1. The molecule has 0 saturated carbocycles. The number of H-pyrrole nitrogens is 1. The molecular weight excluding hydrogens is 420 g/mol. The Morgan fingerprint density at radius 2 is 1.32 bits per heavy atom. The van der Waals surface area contributed by atoms with E-state index in [0.717, 1.165) is 49.5 Å². The molecule has 1 N–H and O–H groups in total. The largest absolute Gasteiger partial charge is 0.338 e. The molecule has 0 aliphatic carbocycles. The van der Waals surface area contributed by atoms with Crippen LogP contribution in [0.5, 0.6) is 0 Å². The van der Waals surface area contributed by atoms with Crippen molar-refractivity contribution in [3.63, 3.8) is 0 Å². The van der Waals surface area contributed by atoms with Crippen LogP contribution in [0.4, 0.5) is 0 Å². The van der Waals surface area contributed by atoms with Gasteiger partial charge >= 0.3 is 0 Å². The summed E-state index contributed by atoms with van der Waals surface area (Å²) in [4.78, 5) is 27.6. The van der Waals surface area contributed by atoms with Crippen molar-refractivity contribution in [2.24, 2.45) is 9.98 Å². The minimum atomic E-state index is -1.03. The van der Waals surface area contributed by atoms with E-state index >= 15 is 0 Å². The highest BCUT2D eigenvalue weighted by molar-refractivity contribution is 5.82. The number of para-hydroxylation sites is 2. The Labute approximate surface area is 194 Å². The number of hydrogen-bond donors (Lipinski definition) is 1. The maximum absolute atomic E-state index is 5.10. The minimum Gasteiger partial charge on any atom is -0.338 e. The van der Waals surface area contributed by atoms with Crippen molar-refractivity contribution in [1.82, 2.24) is 19.9 Å². The van der Waals surface area contributed by atoms with E-state index in [1.54, 1.807) is 12.4 Å². The van der Waals surface area contributed by atoms with E-state index in [4.69, 9.17) is 15.0 Å². The van der Waals surface area contributed by atoms with Crippen LogP contribution in [-0.2, 0) is 5.66 Å². The van der Waals surface area contributed by atoms with E-state index in [9.17, 15) is 0 Å². The second kappa shape index (κ2) is 7.15. The molecule has 4 aromatic carbocycles. The van der Waals surface area contributed by atoms with E-state index in [2.05, 4.69) is 45.3 Å². The van der Waals surface area contributed by atoms with Crippen LogP contribution in [0.15, 0.2) is 113 Å². The second-order valence-corrected chi connectivity index (χ2v) is 8.33. The van der Waals surface area contributed by atoms with Crippen LogP contribution >= 0.6 is 0 Å². The summed E-state index contributed by atoms with van der Waals surface area (Å²) in [6.45, 7) is 0. The number of nitrogens with zero attached hydrogens (tertiary/aromatic N) is 5. The van der Waals surface area contributed by atoms with Crippen LogP contribution in [-0.4, -0.2) is 19.9 Å². The summed E-state index contributed by atoms with van der Waals surface area (Å²) in [5.41, 5.74) is 5.57. The fourth-order valence-electron chi connectivity index (χ4n) is 4.56. The summed E-state index contributed by atoms with van der Waals surface area (Å²) in [6, 6.07) is 30.5. The van der Waals surface area contributed by atoms with Crippen molar-refractivity contribution in [3.8, 4) is 11.1 Å². The molecular formula is C28H18N6. The molecule has 0 amide bonds. The highest BCUT2D eigenvalue weighted by Gasteiger charge is 2.39. The van der Waals surface area contributed by atoms with Gasteiger partial charge in [0.25, 0.3) is 0 Å². The first-order valence-corrected chi connectivity index (χ1v) is 11.1. The first kappa shape index (κ1) is 18.8. The van der Waals surface area contributed by atoms with Crippen LogP contribution in [0.2, 0.25) is 0 Å². The zero-order valence-corrected chi connectivity index (χ0v) is 18.1. The van der Waals surface area contributed by atoms with Crippen molar-refractivity contribution in [1.29, 1.82) is 0 Å². The number of aromatic nitrogens is 4. The molecule has 6 heteroatoms. The average molecular weight is 438 g/mol. The van der Waals surface area contributed by atoms with Gasteiger partial charge in [-0.05, 0) is 47.5 Å². The molecule has 0 fully saturated rings. The number of aromatic amines is 1. The van der Waals surface area contributed by atoms with Gasteiger partial charge < -0.3 is 4.98 Å². The van der Waals surface area contributed by atoms with Gasteiger partial charge in [-0.15, -0.1) is 0 Å². The lowest BCUT2D eigenvalue weighted by atomic mass is 9.99. The zero-order chi connectivity index (χ0) is 22.5. The van der Waals surface area contributed by atoms with Crippen LogP contribution in [0, 0.1) is 0 Å². The first-order chi connectivity index (χ1) is 16.8. The lowest BCUT2D eigenvalue weighted by molar-refractivity contribution is 0.538. The molecule has 0 saturated heterocycles. The third-order valence-electron chi connectivity index (χ3n) is 6.24. The lowest BCUT2D eigenvalue weighted by Gasteiger charge is -2.21. The van der Waals surface area contributed by atoms with Gasteiger partial charge in [0.2, 0.25) is 5.66 Å². The summed E-state index contributed by atoms with van der Waals surface area (Å²) in [7, 11) is 0. The molecule has 6 nitrogen and oxygen atoms in total. The van der Waals surface area contributed by atoms with Crippen molar-refractivity contribution >= 4 is 22.1 Å².